The molecule has 2 heterocycles. The molecule has 4 amide bonds. The summed E-state index contributed by atoms with van der Waals surface area (Å²) in [6.07, 6.45) is 2.94. The average molecular weight is 641 g/mol. The van der Waals surface area contributed by atoms with Gasteiger partial charge in [-0.15, -0.1) is 0 Å². The third-order valence-corrected chi connectivity index (χ3v) is 9.66. The summed E-state index contributed by atoms with van der Waals surface area (Å²) in [6, 6.07) is 19.8. The second-order valence-electron chi connectivity index (χ2n) is 9.69. The predicted molar refractivity (Wildman–Crippen MR) is 176 cm³/mol. The van der Waals surface area contributed by atoms with E-state index in [4.69, 9.17) is 24.4 Å². The summed E-state index contributed by atoms with van der Waals surface area (Å²) in [4.78, 5) is 54.2. The SMILES string of the molecule is O=C(CCCN1C(=O)C(=C2SC(=S)N(CCCC(=O)NCCc3ccccc3)C2=O)SC1=S)NCCc1ccccc1. The molecule has 2 aromatic carbocycles. The largest absolute Gasteiger partial charge is 0.356 e. The van der Waals surface area contributed by atoms with Gasteiger partial charge in [0.15, 0.2) is 0 Å². The number of carbonyl (C=O) groups is 4. The molecule has 12 heteroatoms. The van der Waals surface area contributed by atoms with Gasteiger partial charge in [-0.25, -0.2) is 0 Å². The Balaban J connectivity index is 1.19. The number of rotatable bonds is 14. The molecule has 0 bridgehead atoms. The number of carbonyl (C=O) groups excluding carboxylic acids is 4. The zero-order valence-electron chi connectivity index (χ0n) is 23.0. The maximum absolute atomic E-state index is 13.2. The third-order valence-electron chi connectivity index (χ3n) is 6.63. The lowest BCUT2D eigenvalue weighted by atomic mass is 10.1. The number of thiocarbonyl (C=S) groups is 2. The number of nitrogens with zero attached hydrogens (tertiary/aromatic N) is 2. The smallest absolute Gasteiger partial charge is 0.267 e. The topological polar surface area (TPSA) is 98.8 Å². The van der Waals surface area contributed by atoms with Gasteiger partial charge in [-0.05, 0) is 36.8 Å². The molecule has 0 atom stereocenters. The van der Waals surface area contributed by atoms with Crippen molar-refractivity contribution < 1.29 is 19.2 Å². The number of nitrogens with one attached hydrogen (secondary N) is 2. The van der Waals surface area contributed by atoms with Crippen molar-refractivity contribution in [2.45, 2.75) is 38.5 Å². The lowest BCUT2D eigenvalue weighted by Crippen LogP contribution is -2.32. The van der Waals surface area contributed by atoms with Crippen LogP contribution in [0.15, 0.2) is 70.5 Å². The van der Waals surface area contributed by atoms with Crippen LogP contribution in [0.4, 0.5) is 0 Å². The Labute approximate surface area is 265 Å². The van der Waals surface area contributed by atoms with Crippen molar-refractivity contribution >= 4 is 80.2 Å². The highest BCUT2D eigenvalue weighted by Crippen LogP contribution is 2.42. The van der Waals surface area contributed by atoms with Crippen molar-refractivity contribution in [3.8, 4) is 0 Å². The van der Waals surface area contributed by atoms with Gasteiger partial charge in [-0.1, -0.05) is 109 Å². The zero-order chi connectivity index (χ0) is 29.9. The summed E-state index contributed by atoms with van der Waals surface area (Å²) in [6.45, 7) is 1.68. The van der Waals surface area contributed by atoms with Gasteiger partial charge in [0.2, 0.25) is 11.8 Å². The van der Waals surface area contributed by atoms with Crippen LogP contribution in [0.1, 0.15) is 36.8 Å². The minimum absolute atomic E-state index is 0.0814. The minimum atomic E-state index is -0.340. The van der Waals surface area contributed by atoms with Crippen LogP contribution in [0.3, 0.4) is 0 Å². The first-order valence-corrected chi connectivity index (χ1v) is 16.2. The van der Waals surface area contributed by atoms with Gasteiger partial charge in [0.25, 0.3) is 11.8 Å². The highest BCUT2D eigenvalue weighted by Gasteiger charge is 2.41. The summed E-state index contributed by atoms with van der Waals surface area (Å²) < 4.78 is 0.717. The normalized spacial score (nSPS) is 16.9. The zero-order valence-corrected chi connectivity index (χ0v) is 26.3. The van der Waals surface area contributed by atoms with E-state index in [1.54, 1.807) is 0 Å². The van der Waals surface area contributed by atoms with E-state index in [2.05, 4.69) is 10.6 Å². The number of benzene rings is 2. The first-order chi connectivity index (χ1) is 20.3. The first-order valence-electron chi connectivity index (χ1n) is 13.8. The molecule has 0 saturated carbocycles. The van der Waals surface area contributed by atoms with E-state index in [0.717, 1.165) is 47.5 Å². The number of amides is 4. The van der Waals surface area contributed by atoms with E-state index >= 15 is 0 Å². The standard InChI is InChI=1S/C30H32N4O4S4/c35-23(31-17-15-21-9-3-1-4-10-21)13-7-19-33-27(37)25(41-29(33)39)26-28(38)34(30(40)42-26)20-8-14-24(36)32-18-16-22-11-5-2-6-12-22/h1-6,9-12H,7-8,13-20H2,(H,31,35)(H,32,36). The van der Waals surface area contributed by atoms with E-state index in [9.17, 15) is 19.2 Å². The number of hydrogen-bond acceptors (Lipinski definition) is 8. The Morgan fingerprint density at radius 2 is 1.02 bits per heavy atom. The van der Waals surface area contributed by atoms with Gasteiger partial charge in [-0.3, -0.25) is 29.0 Å². The number of hydrogen-bond donors (Lipinski definition) is 2. The predicted octanol–water partition coefficient (Wildman–Crippen LogP) is 4.20. The molecule has 2 aliphatic rings. The fourth-order valence-corrected chi connectivity index (χ4v) is 7.18. The van der Waals surface area contributed by atoms with Crippen LogP contribution in [0.2, 0.25) is 0 Å². The Morgan fingerprint density at radius 1 is 0.643 bits per heavy atom. The van der Waals surface area contributed by atoms with Crippen molar-refractivity contribution in [3.05, 3.63) is 81.6 Å². The Bertz CT molecular complexity index is 1260. The van der Waals surface area contributed by atoms with Gasteiger partial charge in [-0.2, -0.15) is 0 Å². The molecule has 0 radical (unpaired) electrons. The van der Waals surface area contributed by atoms with Crippen LogP contribution >= 0.6 is 48.0 Å². The van der Waals surface area contributed by atoms with Crippen LogP contribution in [-0.4, -0.2) is 68.2 Å². The third kappa shape index (κ3) is 8.97. The molecule has 0 aliphatic carbocycles. The molecular weight excluding hydrogens is 609 g/mol. The van der Waals surface area contributed by atoms with Crippen LogP contribution in [0.25, 0.3) is 0 Å². The van der Waals surface area contributed by atoms with E-state index in [-0.39, 0.29) is 46.3 Å². The van der Waals surface area contributed by atoms with Crippen LogP contribution in [0, 0.1) is 0 Å². The molecule has 2 fully saturated rings. The van der Waals surface area contributed by atoms with Gasteiger partial charge in [0, 0.05) is 39.0 Å². The maximum Gasteiger partial charge on any atom is 0.267 e. The van der Waals surface area contributed by atoms with E-state index in [0.29, 0.717) is 47.7 Å². The molecule has 8 nitrogen and oxygen atoms in total. The molecular formula is C30H32N4O4S4. The molecule has 0 unspecified atom stereocenters. The highest BCUT2D eigenvalue weighted by atomic mass is 32.2. The Kier molecular flexibility index (Phi) is 12.1. The highest BCUT2D eigenvalue weighted by molar-refractivity contribution is 8.29. The number of thioether (sulfide) groups is 2. The fourth-order valence-electron chi connectivity index (χ4n) is 4.41. The molecule has 0 spiro atoms. The second-order valence-corrected chi connectivity index (χ2v) is 13.0. The van der Waals surface area contributed by atoms with Crippen molar-refractivity contribution in [1.29, 1.82) is 0 Å². The fraction of sp³-hybridized carbons (Fsp3) is 0.333. The van der Waals surface area contributed by atoms with E-state index in [1.165, 1.54) is 9.80 Å². The van der Waals surface area contributed by atoms with Gasteiger partial charge < -0.3 is 10.6 Å². The van der Waals surface area contributed by atoms with Gasteiger partial charge >= 0.3 is 0 Å². The molecule has 0 aromatic heterocycles. The van der Waals surface area contributed by atoms with Crippen molar-refractivity contribution in [1.82, 2.24) is 20.4 Å². The molecule has 2 aromatic rings. The van der Waals surface area contributed by atoms with Crippen LogP contribution in [-0.2, 0) is 32.0 Å². The summed E-state index contributed by atoms with van der Waals surface area (Å²) in [5.41, 5.74) is 2.31. The van der Waals surface area contributed by atoms with Crippen molar-refractivity contribution in [2.24, 2.45) is 0 Å². The van der Waals surface area contributed by atoms with E-state index < -0.39 is 0 Å². The molecule has 4 rings (SSSR count). The lowest BCUT2D eigenvalue weighted by Gasteiger charge is -2.14. The molecule has 2 N–H and O–H groups in total. The first kappa shape index (κ1) is 31.9. The Hall–Kier alpha value is -3.06. The average Bonchev–Trinajstić information content (AvgIpc) is 3.43. The molecule has 2 saturated heterocycles. The summed E-state index contributed by atoms with van der Waals surface area (Å²) in [5, 5.41) is 5.81. The van der Waals surface area contributed by atoms with Crippen molar-refractivity contribution in [2.75, 3.05) is 26.2 Å². The molecule has 2 aliphatic heterocycles. The maximum atomic E-state index is 13.2. The lowest BCUT2D eigenvalue weighted by molar-refractivity contribution is -0.125. The minimum Gasteiger partial charge on any atom is -0.356 e. The van der Waals surface area contributed by atoms with E-state index in [1.807, 2.05) is 60.7 Å². The second kappa shape index (κ2) is 16.0. The van der Waals surface area contributed by atoms with Gasteiger partial charge in [0.1, 0.15) is 8.64 Å². The molecule has 42 heavy (non-hydrogen) atoms. The quantitative estimate of drug-likeness (QED) is 0.234. The molecule has 220 valence electrons. The van der Waals surface area contributed by atoms with Crippen molar-refractivity contribution in [3.63, 3.8) is 0 Å². The van der Waals surface area contributed by atoms with Gasteiger partial charge in [0.05, 0.1) is 9.81 Å². The van der Waals surface area contributed by atoms with Crippen LogP contribution in [0.5, 0.6) is 0 Å². The summed E-state index contributed by atoms with van der Waals surface area (Å²) >= 11 is 13.0. The Morgan fingerprint density at radius 3 is 1.40 bits per heavy atom. The summed E-state index contributed by atoms with van der Waals surface area (Å²) in [7, 11) is 0. The summed E-state index contributed by atoms with van der Waals surface area (Å²) in [5.74, 6) is -0.843. The van der Waals surface area contributed by atoms with Crippen LogP contribution < -0.4 is 10.6 Å². The monoisotopic (exact) mass is 640 g/mol.